The van der Waals surface area contributed by atoms with E-state index >= 15 is 0 Å². The standard InChI is InChI=1S/C13H14N2S/c1-10-4-2-6-12(8-10)16-9-11-5-3-7-13(14)15-11/h2-8H,9H2,1H3,(H2,14,15). The molecule has 0 radical (unpaired) electrons. The number of hydrogen-bond donors (Lipinski definition) is 1. The lowest BCUT2D eigenvalue weighted by atomic mass is 10.2. The van der Waals surface area contributed by atoms with Gasteiger partial charge in [0.25, 0.3) is 0 Å². The van der Waals surface area contributed by atoms with E-state index in [4.69, 9.17) is 5.73 Å². The third kappa shape index (κ3) is 3.00. The predicted molar refractivity (Wildman–Crippen MR) is 69.4 cm³/mol. The van der Waals surface area contributed by atoms with Gasteiger partial charge in [-0.25, -0.2) is 4.98 Å². The smallest absolute Gasteiger partial charge is 0.123 e. The summed E-state index contributed by atoms with van der Waals surface area (Å²) in [5, 5.41) is 0. The molecule has 3 heteroatoms. The van der Waals surface area contributed by atoms with Crippen LogP contribution in [-0.2, 0) is 5.75 Å². The summed E-state index contributed by atoms with van der Waals surface area (Å²) in [5.74, 6) is 1.44. The Morgan fingerprint density at radius 3 is 2.75 bits per heavy atom. The number of rotatable bonds is 3. The van der Waals surface area contributed by atoms with Gasteiger partial charge in [0.2, 0.25) is 0 Å². The van der Waals surface area contributed by atoms with Gasteiger partial charge in [0.15, 0.2) is 0 Å². The van der Waals surface area contributed by atoms with Crippen LogP contribution in [0.5, 0.6) is 0 Å². The zero-order valence-corrected chi connectivity index (χ0v) is 10.00. The lowest BCUT2D eigenvalue weighted by Crippen LogP contribution is -1.93. The molecule has 0 aliphatic heterocycles. The first-order valence-corrected chi connectivity index (χ1v) is 6.13. The summed E-state index contributed by atoms with van der Waals surface area (Å²) < 4.78 is 0. The van der Waals surface area contributed by atoms with Crippen LogP contribution in [0.2, 0.25) is 0 Å². The van der Waals surface area contributed by atoms with Gasteiger partial charge in [0, 0.05) is 10.6 Å². The normalized spacial score (nSPS) is 10.3. The minimum absolute atomic E-state index is 0.586. The van der Waals surface area contributed by atoms with Crippen LogP contribution in [0.25, 0.3) is 0 Å². The molecule has 2 aromatic rings. The summed E-state index contributed by atoms with van der Waals surface area (Å²) in [6.45, 7) is 2.10. The Morgan fingerprint density at radius 2 is 2.00 bits per heavy atom. The van der Waals surface area contributed by atoms with E-state index in [1.54, 1.807) is 17.8 Å². The van der Waals surface area contributed by atoms with E-state index in [9.17, 15) is 0 Å². The Labute approximate surface area is 99.9 Å². The number of anilines is 1. The van der Waals surface area contributed by atoms with Crippen molar-refractivity contribution in [3.8, 4) is 0 Å². The molecule has 2 nitrogen and oxygen atoms in total. The molecule has 0 atom stereocenters. The van der Waals surface area contributed by atoms with E-state index in [-0.39, 0.29) is 0 Å². The highest BCUT2D eigenvalue weighted by molar-refractivity contribution is 7.98. The zero-order valence-electron chi connectivity index (χ0n) is 9.18. The first-order chi connectivity index (χ1) is 7.74. The SMILES string of the molecule is Cc1cccc(SCc2cccc(N)n2)c1. The number of thioether (sulfide) groups is 1. The van der Waals surface area contributed by atoms with Crippen LogP contribution in [0.15, 0.2) is 47.4 Å². The van der Waals surface area contributed by atoms with Gasteiger partial charge >= 0.3 is 0 Å². The molecule has 0 saturated carbocycles. The van der Waals surface area contributed by atoms with Crippen molar-refractivity contribution in [1.29, 1.82) is 0 Å². The van der Waals surface area contributed by atoms with Crippen molar-refractivity contribution in [2.24, 2.45) is 0 Å². The van der Waals surface area contributed by atoms with Gasteiger partial charge in [-0.2, -0.15) is 0 Å². The Kier molecular flexibility index (Phi) is 3.47. The lowest BCUT2D eigenvalue weighted by Gasteiger charge is -2.03. The minimum Gasteiger partial charge on any atom is -0.384 e. The van der Waals surface area contributed by atoms with Gasteiger partial charge < -0.3 is 5.73 Å². The molecule has 0 aliphatic rings. The fourth-order valence-electron chi connectivity index (χ4n) is 1.44. The number of benzene rings is 1. The van der Waals surface area contributed by atoms with Crippen molar-refractivity contribution < 1.29 is 0 Å². The molecule has 2 rings (SSSR count). The van der Waals surface area contributed by atoms with E-state index in [0.717, 1.165) is 11.4 Å². The molecule has 16 heavy (non-hydrogen) atoms. The van der Waals surface area contributed by atoms with Crippen molar-refractivity contribution >= 4 is 17.6 Å². The molecule has 0 unspecified atom stereocenters. The predicted octanol–water partition coefficient (Wildman–Crippen LogP) is 3.26. The Morgan fingerprint density at radius 1 is 1.19 bits per heavy atom. The molecule has 1 aromatic heterocycles. The Hall–Kier alpha value is -1.48. The number of nitrogen functional groups attached to an aromatic ring is 1. The van der Waals surface area contributed by atoms with Crippen LogP contribution in [0.1, 0.15) is 11.3 Å². The maximum absolute atomic E-state index is 5.63. The summed E-state index contributed by atoms with van der Waals surface area (Å²) in [6, 6.07) is 14.2. The summed E-state index contributed by atoms with van der Waals surface area (Å²) >= 11 is 1.78. The van der Waals surface area contributed by atoms with Crippen molar-refractivity contribution in [3.05, 3.63) is 53.7 Å². The van der Waals surface area contributed by atoms with Gasteiger partial charge in [-0.1, -0.05) is 23.8 Å². The molecule has 0 amide bonds. The highest BCUT2D eigenvalue weighted by atomic mass is 32.2. The van der Waals surface area contributed by atoms with Gasteiger partial charge in [0.05, 0.1) is 5.69 Å². The van der Waals surface area contributed by atoms with E-state index < -0.39 is 0 Å². The summed E-state index contributed by atoms with van der Waals surface area (Å²) in [5.41, 5.74) is 7.93. The number of hydrogen-bond acceptors (Lipinski definition) is 3. The first kappa shape index (κ1) is 11.0. The van der Waals surface area contributed by atoms with Crippen LogP contribution in [0.3, 0.4) is 0 Å². The third-order valence-corrected chi connectivity index (χ3v) is 3.23. The topological polar surface area (TPSA) is 38.9 Å². The molecule has 82 valence electrons. The van der Waals surface area contributed by atoms with Gasteiger partial charge in [-0.05, 0) is 31.2 Å². The largest absolute Gasteiger partial charge is 0.384 e. The maximum atomic E-state index is 5.63. The van der Waals surface area contributed by atoms with Crippen LogP contribution < -0.4 is 5.73 Å². The fraction of sp³-hybridized carbons (Fsp3) is 0.154. The number of pyridine rings is 1. The van der Waals surface area contributed by atoms with E-state index in [0.29, 0.717) is 5.82 Å². The molecule has 0 saturated heterocycles. The van der Waals surface area contributed by atoms with Gasteiger partial charge in [-0.15, -0.1) is 11.8 Å². The van der Waals surface area contributed by atoms with E-state index in [1.165, 1.54) is 10.5 Å². The van der Waals surface area contributed by atoms with Crippen LogP contribution in [0, 0.1) is 6.92 Å². The maximum Gasteiger partial charge on any atom is 0.123 e. The molecular formula is C13H14N2S. The second kappa shape index (κ2) is 5.03. The van der Waals surface area contributed by atoms with E-state index in [2.05, 4.69) is 36.2 Å². The van der Waals surface area contributed by atoms with Crippen molar-refractivity contribution in [2.75, 3.05) is 5.73 Å². The molecule has 2 N–H and O–H groups in total. The highest BCUT2D eigenvalue weighted by Gasteiger charge is 1.98. The quantitative estimate of drug-likeness (QED) is 0.822. The van der Waals surface area contributed by atoms with Crippen molar-refractivity contribution in [1.82, 2.24) is 4.98 Å². The number of aromatic nitrogens is 1. The zero-order chi connectivity index (χ0) is 11.4. The number of nitrogens with two attached hydrogens (primary N) is 1. The van der Waals surface area contributed by atoms with Crippen LogP contribution in [0.4, 0.5) is 5.82 Å². The monoisotopic (exact) mass is 230 g/mol. The second-order valence-corrected chi connectivity index (χ2v) is 4.71. The van der Waals surface area contributed by atoms with Crippen LogP contribution >= 0.6 is 11.8 Å². The third-order valence-electron chi connectivity index (χ3n) is 2.20. The molecule has 1 aromatic carbocycles. The summed E-state index contributed by atoms with van der Waals surface area (Å²) in [6.07, 6.45) is 0. The van der Waals surface area contributed by atoms with Crippen molar-refractivity contribution in [2.45, 2.75) is 17.6 Å². The lowest BCUT2D eigenvalue weighted by molar-refractivity contribution is 1.18. The molecule has 1 heterocycles. The van der Waals surface area contributed by atoms with Crippen molar-refractivity contribution in [3.63, 3.8) is 0 Å². The average molecular weight is 230 g/mol. The first-order valence-electron chi connectivity index (χ1n) is 5.15. The molecular weight excluding hydrogens is 216 g/mol. The molecule has 0 fully saturated rings. The number of nitrogens with zero attached hydrogens (tertiary/aromatic N) is 1. The fourth-order valence-corrected chi connectivity index (χ4v) is 2.36. The molecule has 0 aliphatic carbocycles. The number of aryl methyl sites for hydroxylation is 1. The summed E-state index contributed by atoms with van der Waals surface area (Å²) in [4.78, 5) is 5.54. The van der Waals surface area contributed by atoms with Crippen LogP contribution in [-0.4, -0.2) is 4.98 Å². The van der Waals surface area contributed by atoms with Gasteiger partial charge in [-0.3, -0.25) is 0 Å². The summed E-state index contributed by atoms with van der Waals surface area (Å²) in [7, 11) is 0. The average Bonchev–Trinajstić information content (AvgIpc) is 2.27. The molecule has 0 bridgehead atoms. The second-order valence-electron chi connectivity index (χ2n) is 3.66. The van der Waals surface area contributed by atoms with Gasteiger partial charge in [0.1, 0.15) is 5.82 Å². The minimum atomic E-state index is 0.586. The Bertz CT molecular complexity index is 437. The Balaban J connectivity index is 2.02. The van der Waals surface area contributed by atoms with E-state index in [1.807, 2.05) is 12.1 Å². The molecule has 0 spiro atoms. The highest BCUT2D eigenvalue weighted by Crippen LogP contribution is 2.22.